The van der Waals surface area contributed by atoms with E-state index in [2.05, 4.69) is 30.0 Å². The molecule has 2 heterocycles. The van der Waals surface area contributed by atoms with Crippen molar-refractivity contribution >= 4 is 5.91 Å². The van der Waals surface area contributed by atoms with Crippen molar-refractivity contribution in [1.82, 2.24) is 0 Å². The van der Waals surface area contributed by atoms with Crippen molar-refractivity contribution in [2.24, 2.45) is 5.73 Å². The number of carbonyl (C=O) groups is 1. The molecule has 0 saturated heterocycles. The summed E-state index contributed by atoms with van der Waals surface area (Å²) in [7, 11) is 0. The molecule has 4 aliphatic rings. The van der Waals surface area contributed by atoms with Gasteiger partial charge in [-0.25, -0.2) is 0 Å². The van der Waals surface area contributed by atoms with Crippen molar-refractivity contribution in [3.8, 4) is 11.5 Å². The van der Waals surface area contributed by atoms with Crippen LogP contribution in [-0.4, -0.2) is 25.7 Å². The summed E-state index contributed by atoms with van der Waals surface area (Å²) in [5.74, 6) is 3.03. The molecule has 0 fully saturated rings. The first-order valence-electron chi connectivity index (χ1n) is 11.8. The van der Waals surface area contributed by atoms with Gasteiger partial charge in [-0.1, -0.05) is 19.6 Å². The largest absolute Gasteiger partial charge is 0.493 e. The second-order valence-corrected chi connectivity index (χ2v) is 9.21. The summed E-state index contributed by atoms with van der Waals surface area (Å²) in [6.07, 6.45) is 8.51. The van der Waals surface area contributed by atoms with Gasteiger partial charge in [0.2, 0.25) is 5.91 Å². The van der Waals surface area contributed by atoms with Gasteiger partial charge in [-0.15, -0.1) is 0 Å². The zero-order valence-electron chi connectivity index (χ0n) is 18.8. The second-order valence-electron chi connectivity index (χ2n) is 9.21. The average molecular weight is 527 g/mol. The first-order valence-corrected chi connectivity index (χ1v) is 11.8. The number of nitrogens with two attached hydrogens (primary N) is 1. The topological polar surface area (TPSA) is 89.2 Å². The number of hydrogen-bond donors (Lipinski definition) is 2. The number of benzene rings is 2. The summed E-state index contributed by atoms with van der Waals surface area (Å²) in [5, 5.41) is 0. The number of amides is 1. The van der Waals surface area contributed by atoms with Crippen LogP contribution in [0.4, 0.5) is 0 Å². The summed E-state index contributed by atoms with van der Waals surface area (Å²) in [5.41, 5.74) is 18.0. The van der Waals surface area contributed by atoms with Gasteiger partial charge in [-0.05, 0) is 71.9 Å². The maximum atomic E-state index is 11.1. The third-order valence-electron chi connectivity index (χ3n) is 7.37. The van der Waals surface area contributed by atoms with Crippen molar-refractivity contribution in [3.05, 3.63) is 57.6 Å². The quantitative estimate of drug-likeness (QED) is 0.640. The van der Waals surface area contributed by atoms with Crippen LogP contribution in [0.25, 0.3) is 0 Å². The standard InChI is InChI=1S/C13H15NO2.C13H17NO.CH4.Y/c14-12(15)7-9-2-1-8-3-4-11-10(13(8)9)5-6-16-11;14-7-5-10-2-1-9-3-4-12-11(13(9)10)6-8-15-12;;/h3-4,9H,1-2,5-7H2,(H2,14,15);3-4,10H,1-2,5-8,14H2;1H4;/p+1/t9-;10-;;/m00../s1. The molecule has 175 valence electrons. The molecule has 0 unspecified atom stereocenters. The second kappa shape index (κ2) is 11.3. The fraction of sp³-hybridized carbons (Fsp3) is 0.519. The van der Waals surface area contributed by atoms with Crippen LogP contribution in [0.2, 0.25) is 0 Å². The Morgan fingerprint density at radius 3 is 1.91 bits per heavy atom. The molecule has 6 rings (SSSR count). The van der Waals surface area contributed by atoms with Crippen LogP contribution in [0.5, 0.6) is 11.5 Å². The number of ether oxygens (including phenoxy) is 2. The Morgan fingerprint density at radius 1 is 0.879 bits per heavy atom. The molecule has 2 atom stereocenters. The molecule has 2 aliphatic heterocycles. The number of rotatable bonds is 4. The van der Waals surface area contributed by atoms with Crippen LogP contribution < -0.4 is 20.9 Å². The molecule has 2 aromatic carbocycles. The van der Waals surface area contributed by atoms with Gasteiger partial charge >= 0.3 is 0 Å². The van der Waals surface area contributed by atoms with Crippen LogP contribution in [0.1, 0.15) is 78.3 Å². The number of fused-ring (bicyclic) bond motifs is 6. The van der Waals surface area contributed by atoms with E-state index in [4.69, 9.17) is 15.2 Å². The van der Waals surface area contributed by atoms with E-state index in [1.54, 1.807) is 11.1 Å². The molecule has 33 heavy (non-hydrogen) atoms. The maximum Gasteiger partial charge on any atom is 0.218 e. The fourth-order valence-corrected chi connectivity index (χ4v) is 6.08. The number of aryl methyl sites for hydroxylation is 2. The predicted molar refractivity (Wildman–Crippen MR) is 126 cm³/mol. The first kappa shape index (κ1) is 26.2. The van der Waals surface area contributed by atoms with Crippen molar-refractivity contribution in [2.45, 2.75) is 70.6 Å². The molecule has 0 saturated carbocycles. The van der Waals surface area contributed by atoms with Gasteiger partial charge in [0.25, 0.3) is 0 Å². The minimum Gasteiger partial charge on any atom is -0.493 e. The summed E-state index contributed by atoms with van der Waals surface area (Å²) in [6.45, 7) is 2.70. The molecular weight excluding hydrogens is 489 g/mol. The molecule has 2 aromatic rings. The third kappa shape index (κ3) is 5.16. The van der Waals surface area contributed by atoms with Gasteiger partial charge in [0.1, 0.15) is 11.5 Å². The zero-order chi connectivity index (χ0) is 21.4. The van der Waals surface area contributed by atoms with E-state index in [-0.39, 0.29) is 46.0 Å². The van der Waals surface area contributed by atoms with Gasteiger partial charge in [-0.3, -0.25) is 4.79 Å². The molecule has 0 spiro atoms. The van der Waals surface area contributed by atoms with Crippen molar-refractivity contribution < 1.29 is 52.7 Å². The average Bonchev–Trinajstić information content (AvgIpc) is 3.53. The van der Waals surface area contributed by atoms with Gasteiger partial charge in [0, 0.05) is 69.5 Å². The Morgan fingerprint density at radius 2 is 1.39 bits per heavy atom. The Kier molecular flexibility index (Phi) is 8.99. The Labute approximate surface area is 222 Å². The van der Waals surface area contributed by atoms with Gasteiger partial charge < -0.3 is 20.9 Å². The minimum absolute atomic E-state index is 0. The van der Waals surface area contributed by atoms with E-state index < -0.39 is 0 Å². The molecule has 1 amide bonds. The van der Waals surface area contributed by atoms with Crippen molar-refractivity contribution in [2.75, 3.05) is 19.8 Å². The minimum atomic E-state index is -0.200. The molecule has 2 aliphatic carbocycles. The summed E-state index contributed by atoms with van der Waals surface area (Å²) in [6, 6.07) is 8.63. The molecule has 0 aromatic heterocycles. The molecule has 6 heteroatoms. The fourth-order valence-electron chi connectivity index (χ4n) is 6.08. The van der Waals surface area contributed by atoms with Crippen LogP contribution in [-0.2, 0) is 63.2 Å². The number of carbonyl (C=O) groups excluding carboxylic acids is 1. The molecule has 1 radical (unpaired) electrons. The monoisotopic (exact) mass is 526 g/mol. The first-order chi connectivity index (χ1) is 15.2. The number of quaternary nitrogens is 1. The van der Waals surface area contributed by atoms with E-state index in [1.807, 2.05) is 0 Å². The molecule has 5 nitrogen and oxygen atoms in total. The maximum absolute atomic E-state index is 11.1. The third-order valence-corrected chi connectivity index (χ3v) is 7.37. The molecule has 5 N–H and O–H groups in total. The van der Waals surface area contributed by atoms with E-state index in [0.717, 1.165) is 62.9 Å². The van der Waals surface area contributed by atoms with Crippen LogP contribution in [0.3, 0.4) is 0 Å². The SMILES string of the molecule is C.NC(=O)C[C@@H]1CCc2ccc3c(c21)CCO3.[NH3+]CC[C@@H]1CCc2ccc3c(c21)CCO3.[Y]. The molecular formula is C27H37N2O3Y+. The molecule has 0 bridgehead atoms. The van der Waals surface area contributed by atoms with Crippen molar-refractivity contribution in [3.63, 3.8) is 0 Å². The van der Waals surface area contributed by atoms with E-state index >= 15 is 0 Å². The smallest absolute Gasteiger partial charge is 0.218 e. The Balaban J connectivity index is 0.000000175. The van der Waals surface area contributed by atoms with E-state index in [9.17, 15) is 4.79 Å². The van der Waals surface area contributed by atoms with Gasteiger partial charge in [-0.2, -0.15) is 0 Å². The summed E-state index contributed by atoms with van der Waals surface area (Å²) >= 11 is 0. The van der Waals surface area contributed by atoms with Crippen LogP contribution in [0, 0.1) is 0 Å². The summed E-state index contributed by atoms with van der Waals surface area (Å²) < 4.78 is 11.2. The Bertz CT molecular complexity index is 1010. The van der Waals surface area contributed by atoms with Crippen molar-refractivity contribution in [1.29, 1.82) is 0 Å². The van der Waals surface area contributed by atoms with E-state index in [1.165, 1.54) is 41.5 Å². The van der Waals surface area contributed by atoms with Gasteiger partial charge in [0.15, 0.2) is 0 Å². The Hall–Kier alpha value is -1.43. The van der Waals surface area contributed by atoms with Crippen LogP contribution >= 0.6 is 0 Å². The van der Waals surface area contributed by atoms with Gasteiger partial charge in [0.05, 0.1) is 19.8 Å². The predicted octanol–water partition coefficient (Wildman–Crippen LogP) is 3.44. The van der Waals surface area contributed by atoms with Crippen LogP contribution in [0.15, 0.2) is 24.3 Å². The van der Waals surface area contributed by atoms with E-state index in [0.29, 0.717) is 12.3 Å². The number of hydrogen-bond acceptors (Lipinski definition) is 3. The summed E-state index contributed by atoms with van der Waals surface area (Å²) in [4.78, 5) is 11.1. The number of primary amides is 1. The zero-order valence-corrected chi connectivity index (χ0v) is 21.7. The normalized spacial score (nSPS) is 20.5.